The van der Waals surface area contributed by atoms with Crippen LogP contribution in [-0.2, 0) is 14.3 Å². The third-order valence-electron chi connectivity index (χ3n) is 4.45. The molecule has 0 saturated heterocycles. The van der Waals surface area contributed by atoms with Crippen LogP contribution in [-0.4, -0.2) is 32.8 Å². The fourth-order valence-corrected chi connectivity index (χ4v) is 2.95. The number of methoxy groups -OCH3 is 2. The van der Waals surface area contributed by atoms with E-state index in [-0.39, 0.29) is 23.5 Å². The molecule has 0 radical (unpaired) electrons. The van der Waals surface area contributed by atoms with Gasteiger partial charge in [0.1, 0.15) is 17.4 Å². The van der Waals surface area contributed by atoms with Crippen molar-refractivity contribution in [1.82, 2.24) is 0 Å². The Balaban J connectivity index is 1.94. The Bertz CT molecular complexity index is 1050. The van der Waals surface area contributed by atoms with Gasteiger partial charge in [0.05, 0.1) is 20.8 Å². The van der Waals surface area contributed by atoms with E-state index in [1.165, 1.54) is 26.4 Å². The van der Waals surface area contributed by atoms with Gasteiger partial charge in [0.2, 0.25) is 0 Å². The Kier molecular flexibility index (Phi) is 9.11. The van der Waals surface area contributed by atoms with E-state index in [9.17, 15) is 9.59 Å². The van der Waals surface area contributed by atoms with E-state index in [1.54, 1.807) is 18.2 Å². The summed E-state index contributed by atoms with van der Waals surface area (Å²) in [6, 6.07) is 10.2. The highest BCUT2D eigenvalue weighted by molar-refractivity contribution is 6.32. The van der Waals surface area contributed by atoms with E-state index >= 15 is 0 Å². The van der Waals surface area contributed by atoms with E-state index in [4.69, 9.17) is 31.1 Å². The second-order valence-electron chi connectivity index (χ2n) is 6.87. The minimum atomic E-state index is -0.742. The molecule has 0 aromatic heterocycles. The Hall–Kier alpha value is -3.50. The van der Waals surface area contributed by atoms with Crippen LogP contribution in [0.1, 0.15) is 29.5 Å². The van der Waals surface area contributed by atoms with Crippen LogP contribution in [0.4, 0.5) is 0 Å². The van der Waals surface area contributed by atoms with Crippen LogP contribution >= 0.6 is 11.6 Å². The van der Waals surface area contributed by atoms with Gasteiger partial charge < -0.3 is 18.9 Å². The fourth-order valence-electron chi connectivity index (χ4n) is 2.84. The smallest absolute Gasteiger partial charge is 0.348 e. The molecule has 168 valence electrons. The molecule has 0 atom stereocenters. The zero-order chi connectivity index (χ0) is 23.7. The number of carbonyl (C=O) groups excluding carboxylic acids is 2. The number of esters is 2. The molecule has 7 nitrogen and oxygen atoms in total. The summed E-state index contributed by atoms with van der Waals surface area (Å²) in [5.74, 6) is 0.0412. The Morgan fingerprint density at radius 2 is 1.78 bits per heavy atom. The molecule has 2 rings (SSSR count). The molecule has 0 spiro atoms. The van der Waals surface area contributed by atoms with Crippen LogP contribution in [0.25, 0.3) is 6.08 Å². The van der Waals surface area contributed by atoms with Gasteiger partial charge in [-0.2, -0.15) is 5.26 Å². The Labute approximate surface area is 192 Å². The van der Waals surface area contributed by atoms with Crippen LogP contribution in [0.5, 0.6) is 17.2 Å². The third-order valence-corrected chi connectivity index (χ3v) is 5.05. The summed E-state index contributed by atoms with van der Waals surface area (Å²) in [5, 5.41) is 9.78. The fraction of sp³-hybridized carbons (Fsp3) is 0.292. The molecule has 0 aliphatic carbocycles. The predicted molar refractivity (Wildman–Crippen MR) is 120 cm³/mol. The zero-order valence-electron chi connectivity index (χ0n) is 18.4. The maximum absolute atomic E-state index is 12.2. The van der Waals surface area contributed by atoms with Crippen molar-refractivity contribution in [3.8, 4) is 23.3 Å². The first-order chi connectivity index (χ1) is 15.3. The molecule has 0 N–H and O–H groups in total. The molecular weight excluding hydrogens is 434 g/mol. The minimum Gasteiger partial charge on any atom is -0.494 e. The first-order valence-electron chi connectivity index (χ1n) is 9.77. The number of ether oxygens (including phenoxy) is 4. The summed E-state index contributed by atoms with van der Waals surface area (Å²) in [7, 11) is 2.62. The molecule has 0 aliphatic rings. The number of benzene rings is 2. The molecule has 0 heterocycles. The van der Waals surface area contributed by atoms with Gasteiger partial charge in [-0.25, -0.2) is 4.79 Å². The van der Waals surface area contributed by atoms with Crippen molar-refractivity contribution in [2.45, 2.75) is 26.7 Å². The second kappa shape index (κ2) is 11.8. The maximum atomic E-state index is 12.2. The SMILES string of the molecule is COC(=O)/C(C#N)=C/c1ccc(OC(=O)CCCOc2cc(C)c(Cl)c(C)c2)c(OC)c1. The van der Waals surface area contributed by atoms with E-state index < -0.39 is 11.9 Å². The first kappa shape index (κ1) is 24.8. The standard InChI is InChI=1S/C24H24ClNO6/c1-15-10-19(11-16(2)23(15)25)31-9-5-6-22(27)32-20-8-7-17(13-21(20)29-3)12-18(14-26)24(28)30-4/h7-8,10-13H,5-6,9H2,1-4H3/b18-12+. The number of rotatable bonds is 9. The maximum Gasteiger partial charge on any atom is 0.348 e. The molecule has 0 bridgehead atoms. The van der Waals surface area contributed by atoms with Gasteiger partial charge in [0.15, 0.2) is 11.5 Å². The van der Waals surface area contributed by atoms with Gasteiger partial charge in [0.25, 0.3) is 0 Å². The van der Waals surface area contributed by atoms with E-state index in [2.05, 4.69) is 4.74 Å². The molecule has 0 amide bonds. The van der Waals surface area contributed by atoms with Crippen LogP contribution in [0.2, 0.25) is 5.02 Å². The summed E-state index contributed by atoms with van der Waals surface area (Å²) in [6.07, 6.45) is 1.97. The molecule has 0 aliphatic heterocycles. The minimum absolute atomic E-state index is 0.150. The predicted octanol–water partition coefficient (Wildman–Crippen LogP) is 4.81. The lowest BCUT2D eigenvalue weighted by Crippen LogP contribution is -2.10. The normalized spacial score (nSPS) is 10.8. The van der Waals surface area contributed by atoms with Crippen molar-refractivity contribution in [2.24, 2.45) is 0 Å². The molecule has 32 heavy (non-hydrogen) atoms. The van der Waals surface area contributed by atoms with E-state index in [0.717, 1.165) is 11.1 Å². The van der Waals surface area contributed by atoms with E-state index in [1.807, 2.05) is 26.0 Å². The highest BCUT2D eigenvalue weighted by Crippen LogP contribution is 2.30. The average Bonchev–Trinajstić information content (AvgIpc) is 2.78. The Morgan fingerprint density at radius 1 is 1.09 bits per heavy atom. The van der Waals surface area contributed by atoms with Crippen LogP contribution in [0.3, 0.4) is 0 Å². The topological polar surface area (TPSA) is 94.9 Å². The molecule has 8 heteroatoms. The van der Waals surface area contributed by atoms with Crippen molar-refractivity contribution in [3.05, 3.63) is 57.6 Å². The highest BCUT2D eigenvalue weighted by Gasteiger charge is 2.13. The van der Waals surface area contributed by atoms with Crippen LogP contribution in [0.15, 0.2) is 35.9 Å². The van der Waals surface area contributed by atoms with Crippen LogP contribution in [0, 0.1) is 25.2 Å². The quantitative estimate of drug-likeness (QED) is 0.175. The number of aryl methyl sites for hydroxylation is 2. The second-order valence-corrected chi connectivity index (χ2v) is 7.25. The first-order valence-corrected chi connectivity index (χ1v) is 10.1. The van der Waals surface area contributed by atoms with Gasteiger partial charge in [-0.05, 0) is 67.3 Å². The van der Waals surface area contributed by atoms with Gasteiger partial charge in [-0.1, -0.05) is 17.7 Å². The lowest BCUT2D eigenvalue weighted by atomic mass is 10.1. The summed E-state index contributed by atoms with van der Waals surface area (Å²) in [4.78, 5) is 23.8. The van der Waals surface area contributed by atoms with Gasteiger partial charge in [-0.3, -0.25) is 4.79 Å². The molecule has 2 aromatic carbocycles. The molecule has 2 aromatic rings. The summed E-state index contributed by atoms with van der Waals surface area (Å²) in [5.41, 5.74) is 2.22. The van der Waals surface area contributed by atoms with Crippen molar-refractivity contribution in [2.75, 3.05) is 20.8 Å². The number of nitriles is 1. The van der Waals surface area contributed by atoms with Crippen molar-refractivity contribution >= 4 is 29.6 Å². The lowest BCUT2D eigenvalue weighted by molar-refractivity contribution is -0.136. The van der Waals surface area contributed by atoms with Crippen LogP contribution < -0.4 is 14.2 Å². The number of carbonyl (C=O) groups is 2. The van der Waals surface area contributed by atoms with Crippen molar-refractivity contribution < 1.29 is 28.5 Å². The summed E-state index contributed by atoms with van der Waals surface area (Å²) >= 11 is 6.15. The summed E-state index contributed by atoms with van der Waals surface area (Å²) in [6.45, 7) is 4.16. The third kappa shape index (κ3) is 6.76. The lowest BCUT2D eigenvalue weighted by Gasteiger charge is -2.11. The van der Waals surface area contributed by atoms with Gasteiger partial charge in [-0.15, -0.1) is 0 Å². The molecule has 0 unspecified atom stereocenters. The summed E-state index contributed by atoms with van der Waals surface area (Å²) < 4.78 is 20.9. The molecular formula is C24H24ClNO6. The number of hydrogen-bond acceptors (Lipinski definition) is 7. The monoisotopic (exact) mass is 457 g/mol. The van der Waals surface area contributed by atoms with E-state index in [0.29, 0.717) is 29.4 Å². The number of hydrogen-bond donors (Lipinski definition) is 0. The van der Waals surface area contributed by atoms with Gasteiger partial charge in [0, 0.05) is 11.4 Å². The molecule has 0 fully saturated rings. The number of nitrogens with zero attached hydrogens (tertiary/aromatic N) is 1. The average molecular weight is 458 g/mol. The van der Waals surface area contributed by atoms with Crippen molar-refractivity contribution in [3.63, 3.8) is 0 Å². The largest absolute Gasteiger partial charge is 0.494 e. The number of halogens is 1. The Morgan fingerprint density at radius 3 is 2.38 bits per heavy atom. The molecule has 0 saturated carbocycles. The zero-order valence-corrected chi connectivity index (χ0v) is 19.1. The highest BCUT2D eigenvalue weighted by atomic mass is 35.5. The van der Waals surface area contributed by atoms with Crippen molar-refractivity contribution in [1.29, 1.82) is 5.26 Å². The van der Waals surface area contributed by atoms with Gasteiger partial charge >= 0.3 is 11.9 Å².